The molecule has 2 heterocycles. The lowest BCUT2D eigenvalue weighted by Gasteiger charge is -2.40. The van der Waals surface area contributed by atoms with Crippen LogP contribution in [0.2, 0.25) is 0 Å². The Kier molecular flexibility index (Phi) is 3.38. The number of piperazine rings is 1. The van der Waals surface area contributed by atoms with Gasteiger partial charge in [-0.3, -0.25) is 9.59 Å². The molecule has 1 atom stereocenters. The number of nitrogens with zero attached hydrogens (tertiary/aromatic N) is 1. The predicted octanol–water partition coefficient (Wildman–Crippen LogP) is 0.150. The molecule has 0 aliphatic carbocycles. The highest BCUT2D eigenvalue weighted by molar-refractivity contribution is 5.94. The molecular formula is C12H20N2O3. The summed E-state index contributed by atoms with van der Waals surface area (Å²) in [6.45, 7) is 6.26. The molecule has 0 spiro atoms. The summed E-state index contributed by atoms with van der Waals surface area (Å²) in [4.78, 5) is 25.1. The van der Waals surface area contributed by atoms with Gasteiger partial charge in [-0.25, -0.2) is 0 Å². The molecule has 2 saturated heterocycles. The summed E-state index contributed by atoms with van der Waals surface area (Å²) in [5.41, 5.74) is 0.0885. The minimum Gasteiger partial charge on any atom is -0.381 e. The van der Waals surface area contributed by atoms with Gasteiger partial charge in [0.1, 0.15) is 6.04 Å². The average molecular weight is 240 g/mol. The van der Waals surface area contributed by atoms with E-state index < -0.39 is 0 Å². The van der Waals surface area contributed by atoms with Crippen LogP contribution in [-0.4, -0.2) is 49.1 Å². The second-order valence-corrected chi connectivity index (χ2v) is 5.41. The summed E-state index contributed by atoms with van der Waals surface area (Å²) in [7, 11) is 0. The van der Waals surface area contributed by atoms with Crippen LogP contribution in [0.25, 0.3) is 0 Å². The van der Waals surface area contributed by atoms with Crippen LogP contribution in [0, 0.1) is 5.41 Å². The lowest BCUT2D eigenvalue weighted by atomic mass is 9.81. The normalized spacial score (nSPS) is 29.1. The molecule has 0 aromatic heterocycles. The molecule has 2 aliphatic rings. The van der Waals surface area contributed by atoms with Gasteiger partial charge in [0, 0.05) is 19.8 Å². The molecule has 0 aromatic rings. The number of ether oxygens (including phenoxy) is 1. The van der Waals surface area contributed by atoms with Gasteiger partial charge in [0.05, 0.1) is 6.54 Å². The van der Waals surface area contributed by atoms with Gasteiger partial charge >= 0.3 is 0 Å². The van der Waals surface area contributed by atoms with Gasteiger partial charge in [-0.2, -0.15) is 0 Å². The standard InChI is InChI=1S/C12H20N2O3/c1-9-11(16)14(7-10(15)13-9)8-12(2)3-5-17-6-4-12/h9H,3-8H2,1-2H3,(H,13,15). The molecule has 2 fully saturated rings. The van der Waals surface area contributed by atoms with Crippen LogP contribution in [0.4, 0.5) is 0 Å². The highest BCUT2D eigenvalue weighted by Crippen LogP contribution is 2.31. The van der Waals surface area contributed by atoms with Crippen molar-refractivity contribution in [1.82, 2.24) is 10.2 Å². The Balaban J connectivity index is 2.01. The summed E-state index contributed by atoms with van der Waals surface area (Å²) in [6.07, 6.45) is 1.90. The van der Waals surface area contributed by atoms with Crippen molar-refractivity contribution in [3.63, 3.8) is 0 Å². The van der Waals surface area contributed by atoms with E-state index in [0.717, 1.165) is 26.1 Å². The SMILES string of the molecule is CC1NC(=O)CN(CC2(C)CCOCC2)C1=O. The van der Waals surface area contributed by atoms with Crippen LogP contribution in [0.3, 0.4) is 0 Å². The number of carbonyl (C=O) groups is 2. The molecule has 17 heavy (non-hydrogen) atoms. The Bertz CT molecular complexity index is 324. The Morgan fingerprint density at radius 3 is 2.71 bits per heavy atom. The molecule has 5 heteroatoms. The van der Waals surface area contributed by atoms with Gasteiger partial charge in [-0.1, -0.05) is 6.92 Å². The lowest BCUT2D eigenvalue weighted by molar-refractivity contribution is -0.146. The smallest absolute Gasteiger partial charge is 0.245 e. The fraction of sp³-hybridized carbons (Fsp3) is 0.833. The van der Waals surface area contributed by atoms with Crippen LogP contribution in [0.1, 0.15) is 26.7 Å². The number of rotatable bonds is 2. The van der Waals surface area contributed by atoms with E-state index in [-0.39, 0.29) is 29.8 Å². The summed E-state index contributed by atoms with van der Waals surface area (Å²) in [6, 6.07) is -0.389. The molecular weight excluding hydrogens is 220 g/mol. The van der Waals surface area contributed by atoms with Crippen molar-refractivity contribution in [1.29, 1.82) is 0 Å². The second kappa shape index (κ2) is 4.64. The zero-order chi connectivity index (χ0) is 12.5. The highest BCUT2D eigenvalue weighted by Gasteiger charge is 2.36. The van der Waals surface area contributed by atoms with E-state index in [1.165, 1.54) is 0 Å². The zero-order valence-electron chi connectivity index (χ0n) is 10.5. The molecule has 5 nitrogen and oxygen atoms in total. The maximum Gasteiger partial charge on any atom is 0.245 e. The molecule has 2 aliphatic heterocycles. The van der Waals surface area contributed by atoms with Gasteiger partial charge in [0.25, 0.3) is 0 Å². The van der Waals surface area contributed by atoms with Gasteiger partial charge in [0.15, 0.2) is 0 Å². The molecule has 1 N–H and O–H groups in total. The Hall–Kier alpha value is -1.10. The van der Waals surface area contributed by atoms with E-state index in [2.05, 4.69) is 12.2 Å². The zero-order valence-corrected chi connectivity index (χ0v) is 10.5. The van der Waals surface area contributed by atoms with Crippen LogP contribution in [0.5, 0.6) is 0 Å². The Morgan fingerprint density at radius 2 is 2.06 bits per heavy atom. The number of hydrogen-bond acceptors (Lipinski definition) is 3. The molecule has 2 rings (SSSR count). The van der Waals surface area contributed by atoms with Crippen molar-refractivity contribution >= 4 is 11.8 Å². The van der Waals surface area contributed by atoms with Crippen LogP contribution in [0.15, 0.2) is 0 Å². The lowest BCUT2D eigenvalue weighted by Crippen LogP contribution is -2.58. The minimum atomic E-state index is -0.389. The summed E-state index contributed by atoms with van der Waals surface area (Å²) in [5, 5.41) is 2.65. The van der Waals surface area contributed by atoms with Crippen molar-refractivity contribution in [3.8, 4) is 0 Å². The third-order valence-electron chi connectivity index (χ3n) is 3.67. The van der Waals surface area contributed by atoms with E-state index in [1.54, 1.807) is 11.8 Å². The van der Waals surface area contributed by atoms with Gasteiger partial charge < -0.3 is 15.0 Å². The first-order valence-corrected chi connectivity index (χ1v) is 6.16. The van der Waals surface area contributed by atoms with Crippen molar-refractivity contribution in [2.45, 2.75) is 32.7 Å². The topological polar surface area (TPSA) is 58.6 Å². The molecule has 0 saturated carbocycles. The van der Waals surface area contributed by atoms with Crippen LogP contribution < -0.4 is 5.32 Å². The molecule has 96 valence electrons. The summed E-state index contributed by atoms with van der Waals surface area (Å²) < 4.78 is 5.34. The largest absolute Gasteiger partial charge is 0.381 e. The fourth-order valence-electron chi connectivity index (χ4n) is 2.49. The van der Waals surface area contributed by atoms with Crippen molar-refractivity contribution in [3.05, 3.63) is 0 Å². The second-order valence-electron chi connectivity index (χ2n) is 5.41. The summed E-state index contributed by atoms with van der Waals surface area (Å²) in [5.74, 6) is -0.0370. The van der Waals surface area contributed by atoms with Gasteiger partial charge in [0.2, 0.25) is 11.8 Å². The number of amides is 2. The Labute approximate surface area is 101 Å². The van der Waals surface area contributed by atoms with Crippen molar-refractivity contribution in [2.75, 3.05) is 26.3 Å². The molecule has 0 bridgehead atoms. The maximum absolute atomic E-state index is 12.0. The monoisotopic (exact) mass is 240 g/mol. The van der Waals surface area contributed by atoms with Gasteiger partial charge in [-0.15, -0.1) is 0 Å². The number of nitrogens with one attached hydrogen (secondary N) is 1. The van der Waals surface area contributed by atoms with Crippen molar-refractivity contribution < 1.29 is 14.3 Å². The molecule has 1 unspecified atom stereocenters. The first kappa shape index (κ1) is 12.4. The number of carbonyl (C=O) groups excluding carboxylic acids is 2. The average Bonchev–Trinajstić information content (AvgIpc) is 2.26. The molecule has 2 amide bonds. The van der Waals surface area contributed by atoms with Crippen molar-refractivity contribution in [2.24, 2.45) is 5.41 Å². The maximum atomic E-state index is 12.0. The Morgan fingerprint density at radius 1 is 1.41 bits per heavy atom. The van der Waals surface area contributed by atoms with Crippen LogP contribution >= 0.6 is 0 Å². The third kappa shape index (κ3) is 2.77. The van der Waals surface area contributed by atoms with E-state index >= 15 is 0 Å². The molecule has 0 radical (unpaired) electrons. The third-order valence-corrected chi connectivity index (χ3v) is 3.67. The first-order valence-electron chi connectivity index (χ1n) is 6.16. The quantitative estimate of drug-likeness (QED) is 0.747. The van der Waals surface area contributed by atoms with E-state index in [9.17, 15) is 9.59 Å². The van der Waals surface area contributed by atoms with Crippen LogP contribution in [-0.2, 0) is 14.3 Å². The van der Waals surface area contributed by atoms with Gasteiger partial charge in [-0.05, 0) is 25.2 Å². The van der Waals surface area contributed by atoms with E-state index in [1.807, 2.05) is 0 Å². The number of hydrogen-bond donors (Lipinski definition) is 1. The fourth-order valence-corrected chi connectivity index (χ4v) is 2.49. The molecule has 0 aromatic carbocycles. The summed E-state index contributed by atoms with van der Waals surface area (Å²) >= 11 is 0. The highest BCUT2D eigenvalue weighted by atomic mass is 16.5. The first-order chi connectivity index (χ1) is 8.00. The minimum absolute atomic E-state index is 0.0253. The predicted molar refractivity (Wildman–Crippen MR) is 62.3 cm³/mol. The van der Waals surface area contributed by atoms with E-state index in [0.29, 0.717) is 6.54 Å². The van der Waals surface area contributed by atoms with E-state index in [4.69, 9.17) is 4.74 Å².